The Morgan fingerprint density at radius 2 is 1.81 bits per heavy atom. The van der Waals surface area contributed by atoms with Gasteiger partial charge in [-0.3, -0.25) is 0 Å². The first-order chi connectivity index (χ1) is 17.3. The number of halogens is 3. The van der Waals surface area contributed by atoms with E-state index in [1.807, 2.05) is 36.6 Å². The molecule has 1 unspecified atom stereocenters. The van der Waals surface area contributed by atoms with Gasteiger partial charge >= 0.3 is 0 Å². The van der Waals surface area contributed by atoms with Crippen LogP contribution in [0.4, 0.5) is 24.5 Å². The summed E-state index contributed by atoms with van der Waals surface area (Å²) in [7, 11) is 0. The lowest BCUT2D eigenvalue weighted by Gasteiger charge is -2.38. The molecule has 0 bridgehead atoms. The van der Waals surface area contributed by atoms with E-state index in [-0.39, 0.29) is 35.8 Å². The third kappa shape index (κ3) is 4.84. The van der Waals surface area contributed by atoms with Crippen molar-refractivity contribution >= 4 is 11.4 Å². The number of ether oxygens (including phenoxy) is 1. The number of aromatic nitrogens is 2. The number of benzene rings is 2. The molecule has 1 atom stereocenters. The highest BCUT2D eigenvalue weighted by Gasteiger charge is 2.29. The number of piperazine rings is 1. The van der Waals surface area contributed by atoms with Gasteiger partial charge in [-0.05, 0) is 50.6 Å². The zero-order valence-corrected chi connectivity index (χ0v) is 20.7. The van der Waals surface area contributed by atoms with Crippen LogP contribution < -0.4 is 19.9 Å². The Kier molecular flexibility index (Phi) is 6.75. The minimum Gasteiger partial charge on any atom is -0.484 e. The maximum Gasteiger partial charge on any atom is 0.178 e. The highest BCUT2D eigenvalue weighted by Crippen LogP contribution is 2.40. The largest absolute Gasteiger partial charge is 0.484 e. The smallest absolute Gasteiger partial charge is 0.178 e. The molecule has 0 amide bonds. The molecule has 1 saturated heterocycles. The van der Waals surface area contributed by atoms with Crippen LogP contribution in [0, 0.1) is 17.5 Å². The Bertz CT molecular complexity index is 1260. The summed E-state index contributed by atoms with van der Waals surface area (Å²) in [4.78, 5) is 12.6. The van der Waals surface area contributed by atoms with Crippen LogP contribution in [-0.2, 0) is 6.42 Å². The van der Waals surface area contributed by atoms with E-state index in [4.69, 9.17) is 4.74 Å². The summed E-state index contributed by atoms with van der Waals surface area (Å²) in [5.41, 5.74) is 2.12. The fourth-order valence-electron chi connectivity index (χ4n) is 4.84. The first kappa shape index (κ1) is 24.4. The van der Waals surface area contributed by atoms with E-state index in [9.17, 15) is 8.78 Å². The minimum absolute atomic E-state index is 0.00179. The maximum absolute atomic E-state index is 15.1. The summed E-state index contributed by atoms with van der Waals surface area (Å²) >= 11 is 0. The van der Waals surface area contributed by atoms with Crippen LogP contribution in [0.3, 0.4) is 0 Å². The lowest BCUT2D eigenvalue weighted by molar-refractivity contribution is 0.199. The summed E-state index contributed by atoms with van der Waals surface area (Å²) < 4.78 is 50.5. The number of anilines is 2. The van der Waals surface area contributed by atoms with Gasteiger partial charge in [0.2, 0.25) is 0 Å². The lowest BCUT2D eigenvalue weighted by Crippen LogP contribution is -2.43. The number of fused-ring (bicyclic) bond motifs is 1. The Hall–Kier alpha value is -3.33. The van der Waals surface area contributed by atoms with Crippen LogP contribution in [0.15, 0.2) is 36.5 Å². The molecule has 190 valence electrons. The first-order valence-electron chi connectivity index (χ1n) is 12.3. The Balaban J connectivity index is 1.44. The quantitative estimate of drug-likeness (QED) is 0.558. The van der Waals surface area contributed by atoms with Crippen molar-refractivity contribution in [3.63, 3.8) is 0 Å². The predicted molar refractivity (Wildman–Crippen MR) is 134 cm³/mol. The average Bonchev–Trinajstić information content (AvgIpc) is 2.85. The van der Waals surface area contributed by atoms with Crippen molar-refractivity contribution in [1.29, 1.82) is 0 Å². The molecule has 5 rings (SSSR count). The molecule has 1 fully saturated rings. The minimum atomic E-state index is -0.653. The lowest BCUT2D eigenvalue weighted by atomic mass is 10.1. The normalized spacial score (nSPS) is 17.8. The molecule has 2 aliphatic heterocycles. The van der Waals surface area contributed by atoms with Crippen LogP contribution in [0.1, 0.15) is 32.2 Å². The van der Waals surface area contributed by atoms with Gasteiger partial charge in [0.15, 0.2) is 17.4 Å². The van der Waals surface area contributed by atoms with E-state index in [2.05, 4.69) is 15.3 Å². The number of nitrogens with zero attached hydrogens (tertiary/aromatic N) is 4. The van der Waals surface area contributed by atoms with Crippen molar-refractivity contribution in [3.8, 4) is 17.0 Å². The van der Waals surface area contributed by atoms with Crippen LogP contribution >= 0.6 is 0 Å². The monoisotopic (exact) mass is 497 g/mol. The molecular weight excluding hydrogens is 467 g/mol. The van der Waals surface area contributed by atoms with Crippen LogP contribution in [-0.4, -0.2) is 54.8 Å². The Morgan fingerprint density at radius 1 is 1.03 bits per heavy atom. The summed E-state index contributed by atoms with van der Waals surface area (Å²) in [5, 5.41) is 3.26. The highest BCUT2D eigenvalue weighted by molar-refractivity contribution is 5.72. The predicted octanol–water partition coefficient (Wildman–Crippen LogP) is 4.56. The topological polar surface area (TPSA) is 53.5 Å². The SMILES string of the molecule is CC1CN(C(C)C)c2cc(-c3nc(Cc4ccc(N5CCNCC5)c(F)c4)ncc3F)cc(F)c2O1. The average molecular weight is 498 g/mol. The van der Waals surface area contributed by atoms with E-state index in [0.29, 0.717) is 34.9 Å². The van der Waals surface area contributed by atoms with Crippen molar-refractivity contribution in [3.05, 3.63) is 65.4 Å². The summed E-state index contributed by atoms with van der Waals surface area (Å²) in [5.74, 6) is -1.04. The number of nitrogens with one attached hydrogen (secondary N) is 1. The van der Waals surface area contributed by atoms with Gasteiger partial charge in [0, 0.05) is 44.2 Å². The van der Waals surface area contributed by atoms with Crippen molar-refractivity contribution in [2.24, 2.45) is 0 Å². The molecule has 0 aliphatic carbocycles. The second kappa shape index (κ2) is 9.97. The molecule has 3 heterocycles. The van der Waals surface area contributed by atoms with Crippen molar-refractivity contribution in [2.45, 2.75) is 39.3 Å². The summed E-state index contributed by atoms with van der Waals surface area (Å²) in [6.07, 6.45) is 1.14. The highest BCUT2D eigenvalue weighted by atomic mass is 19.1. The van der Waals surface area contributed by atoms with Gasteiger partial charge in [-0.1, -0.05) is 6.07 Å². The van der Waals surface area contributed by atoms with Gasteiger partial charge in [0.1, 0.15) is 23.4 Å². The molecule has 0 saturated carbocycles. The molecule has 36 heavy (non-hydrogen) atoms. The second-order valence-electron chi connectivity index (χ2n) is 9.66. The standard InChI is InChI=1S/C27H30F3N5O/c1-16(2)35-15-17(3)36-27-21(29)12-19(13-24(27)35)26-22(30)14-32-25(33-26)11-18-4-5-23(20(28)10-18)34-8-6-31-7-9-34/h4-5,10,12-14,16-17,31H,6-9,11,15H2,1-3H3. The molecule has 1 N–H and O–H groups in total. The second-order valence-corrected chi connectivity index (χ2v) is 9.66. The fraction of sp³-hybridized carbons (Fsp3) is 0.407. The van der Waals surface area contributed by atoms with Gasteiger partial charge < -0.3 is 19.9 Å². The van der Waals surface area contributed by atoms with E-state index in [1.165, 1.54) is 12.1 Å². The van der Waals surface area contributed by atoms with Gasteiger partial charge in [0.25, 0.3) is 0 Å². The van der Waals surface area contributed by atoms with Crippen molar-refractivity contribution in [1.82, 2.24) is 15.3 Å². The fourth-order valence-corrected chi connectivity index (χ4v) is 4.84. The van der Waals surface area contributed by atoms with E-state index >= 15 is 4.39 Å². The molecule has 9 heteroatoms. The zero-order valence-electron chi connectivity index (χ0n) is 20.7. The van der Waals surface area contributed by atoms with Gasteiger partial charge in [-0.2, -0.15) is 0 Å². The molecule has 3 aromatic rings. The van der Waals surface area contributed by atoms with E-state index < -0.39 is 11.6 Å². The van der Waals surface area contributed by atoms with Gasteiger partial charge in [-0.25, -0.2) is 23.1 Å². The molecular formula is C27H30F3N5O. The Morgan fingerprint density at radius 3 is 2.53 bits per heavy atom. The van der Waals surface area contributed by atoms with Crippen LogP contribution in [0.2, 0.25) is 0 Å². The summed E-state index contributed by atoms with van der Waals surface area (Å²) in [6.45, 7) is 9.65. The van der Waals surface area contributed by atoms with E-state index in [0.717, 1.165) is 32.4 Å². The summed E-state index contributed by atoms with van der Waals surface area (Å²) in [6, 6.07) is 8.13. The number of hydrogen-bond acceptors (Lipinski definition) is 6. The van der Waals surface area contributed by atoms with Crippen molar-refractivity contribution < 1.29 is 17.9 Å². The molecule has 1 aromatic heterocycles. The third-order valence-corrected chi connectivity index (χ3v) is 6.63. The van der Waals surface area contributed by atoms with Gasteiger partial charge in [-0.15, -0.1) is 0 Å². The van der Waals surface area contributed by atoms with Crippen molar-refractivity contribution in [2.75, 3.05) is 42.5 Å². The van der Waals surface area contributed by atoms with Crippen LogP contribution in [0.25, 0.3) is 11.3 Å². The number of hydrogen-bond donors (Lipinski definition) is 1. The van der Waals surface area contributed by atoms with Crippen LogP contribution in [0.5, 0.6) is 5.75 Å². The third-order valence-electron chi connectivity index (χ3n) is 6.63. The van der Waals surface area contributed by atoms with Gasteiger partial charge in [0.05, 0.1) is 24.1 Å². The van der Waals surface area contributed by atoms with E-state index in [1.54, 1.807) is 12.1 Å². The Labute approximate surface area is 209 Å². The first-order valence-corrected chi connectivity index (χ1v) is 12.3. The maximum atomic E-state index is 15.1. The molecule has 6 nitrogen and oxygen atoms in total. The molecule has 0 spiro atoms. The number of rotatable bonds is 5. The molecule has 2 aliphatic rings. The molecule has 0 radical (unpaired) electrons. The zero-order chi connectivity index (χ0) is 25.4. The molecule has 2 aromatic carbocycles.